The molecule has 4 rings (SSSR count). The number of fused-ring (bicyclic) bond motifs is 2. The molecule has 118 valence electrons. The van der Waals surface area contributed by atoms with Crippen LogP contribution in [-0.2, 0) is 0 Å². The molecule has 1 atom stereocenters. The largest absolute Gasteiger partial charge is 0.455 e. The molecule has 0 spiro atoms. The number of carbonyl (C=O) groups is 1. The summed E-state index contributed by atoms with van der Waals surface area (Å²) in [6.45, 7) is 0. The van der Waals surface area contributed by atoms with Crippen LogP contribution in [0.5, 0.6) is 11.5 Å². The van der Waals surface area contributed by atoms with Crippen LogP contribution in [-0.4, -0.2) is 5.78 Å². The van der Waals surface area contributed by atoms with Crippen molar-refractivity contribution in [2.45, 2.75) is 12.5 Å². The lowest BCUT2D eigenvalue weighted by Crippen LogP contribution is -2.15. The van der Waals surface area contributed by atoms with Crippen LogP contribution in [0.3, 0.4) is 0 Å². The Morgan fingerprint density at radius 1 is 0.833 bits per heavy atom. The van der Waals surface area contributed by atoms with Crippen molar-refractivity contribution in [1.29, 1.82) is 0 Å². The van der Waals surface area contributed by atoms with Crippen molar-refractivity contribution in [2.24, 2.45) is 0 Å². The highest BCUT2D eigenvalue weighted by molar-refractivity contribution is 5.96. The maximum atomic E-state index is 12.7. The first-order chi connectivity index (χ1) is 11.8. The fraction of sp³-hybridized carbons (Fsp3) is 0.0952. The molecule has 0 amide bonds. The molecule has 0 aromatic heterocycles. The van der Waals surface area contributed by atoms with E-state index in [1.807, 2.05) is 78.9 Å². The summed E-state index contributed by atoms with van der Waals surface area (Å²) in [4.78, 5) is 12.7. The van der Waals surface area contributed by atoms with Gasteiger partial charge in [0, 0.05) is 17.5 Å². The molecule has 1 heterocycles. The highest BCUT2D eigenvalue weighted by Crippen LogP contribution is 2.41. The van der Waals surface area contributed by atoms with Crippen molar-refractivity contribution < 1.29 is 9.53 Å². The van der Waals surface area contributed by atoms with Gasteiger partial charge in [0.2, 0.25) is 0 Å². The first-order valence-electron chi connectivity index (χ1n) is 8.02. The van der Waals surface area contributed by atoms with Crippen LogP contribution in [0.4, 0.5) is 5.69 Å². The number of para-hydroxylation sites is 3. The van der Waals surface area contributed by atoms with Gasteiger partial charge in [0.05, 0.1) is 11.7 Å². The number of ether oxygens (including phenoxy) is 1. The lowest BCUT2D eigenvalue weighted by atomic mass is 9.97. The normalized spacial score (nSPS) is 15.2. The Balaban J connectivity index is 1.70. The van der Waals surface area contributed by atoms with Gasteiger partial charge in [-0.15, -0.1) is 0 Å². The van der Waals surface area contributed by atoms with Crippen molar-refractivity contribution in [1.82, 2.24) is 0 Å². The lowest BCUT2D eigenvalue weighted by Gasteiger charge is -2.18. The highest BCUT2D eigenvalue weighted by Gasteiger charge is 2.24. The van der Waals surface area contributed by atoms with E-state index < -0.39 is 0 Å². The van der Waals surface area contributed by atoms with Gasteiger partial charge in [0.1, 0.15) is 5.75 Å². The minimum absolute atomic E-state index is 0.113. The number of benzene rings is 3. The number of nitrogens with one attached hydrogen (secondary N) is 1. The molecule has 0 saturated carbocycles. The van der Waals surface area contributed by atoms with Crippen molar-refractivity contribution in [3.63, 3.8) is 0 Å². The average Bonchev–Trinajstić information content (AvgIpc) is 2.79. The molecular formula is C21H17NO2. The molecular weight excluding hydrogens is 298 g/mol. The zero-order chi connectivity index (χ0) is 16.4. The molecule has 0 aliphatic carbocycles. The fourth-order valence-corrected chi connectivity index (χ4v) is 3.01. The number of Topliss-reactive ketones (excluding diaryl/α,β-unsaturated/α-hetero) is 1. The van der Waals surface area contributed by atoms with Crippen LogP contribution in [0.25, 0.3) is 0 Å². The maximum absolute atomic E-state index is 12.7. The topological polar surface area (TPSA) is 38.3 Å². The number of ketones is 1. The fourth-order valence-electron chi connectivity index (χ4n) is 3.01. The van der Waals surface area contributed by atoms with Crippen molar-refractivity contribution in [3.8, 4) is 11.5 Å². The van der Waals surface area contributed by atoms with E-state index in [2.05, 4.69) is 5.32 Å². The molecule has 0 bridgehead atoms. The van der Waals surface area contributed by atoms with Crippen LogP contribution in [0.15, 0.2) is 78.9 Å². The van der Waals surface area contributed by atoms with Crippen molar-refractivity contribution in [3.05, 3.63) is 90.0 Å². The van der Waals surface area contributed by atoms with E-state index in [-0.39, 0.29) is 11.8 Å². The van der Waals surface area contributed by atoms with Gasteiger partial charge in [-0.05, 0) is 18.2 Å². The summed E-state index contributed by atoms with van der Waals surface area (Å²) in [5.41, 5.74) is 2.63. The number of hydrogen-bond donors (Lipinski definition) is 1. The minimum atomic E-state index is -0.127. The Labute approximate surface area is 140 Å². The second-order valence-corrected chi connectivity index (χ2v) is 5.83. The Morgan fingerprint density at radius 3 is 2.33 bits per heavy atom. The van der Waals surface area contributed by atoms with Crippen LogP contribution >= 0.6 is 0 Å². The van der Waals surface area contributed by atoms with Gasteiger partial charge < -0.3 is 10.1 Å². The molecule has 0 fully saturated rings. The van der Waals surface area contributed by atoms with Gasteiger partial charge >= 0.3 is 0 Å². The van der Waals surface area contributed by atoms with E-state index in [1.54, 1.807) is 0 Å². The van der Waals surface area contributed by atoms with Gasteiger partial charge in [0.25, 0.3) is 0 Å². The second kappa shape index (κ2) is 6.20. The Hall–Kier alpha value is -3.07. The van der Waals surface area contributed by atoms with Crippen molar-refractivity contribution in [2.75, 3.05) is 5.32 Å². The SMILES string of the molecule is O=C(CC1Nc2ccccc2Oc2ccccc21)c1ccccc1. The average molecular weight is 315 g/mol. The van der Waals surface area contributed by atoms with E-state index in [1.165, 1.54) is 0 Å². The zero-order valence-corrected chi connectivity index (χ0v) is 13.1. The molecule has 1 N–H and O–H groups in total. The molecule has 0 saturated heterocycles. The number of anilines is 1. The Bertz CT molecular complexity index is 874. The second-order valence-electron chi connectivity index (χ2n) is 5.83. The van der Waals surface area contributed by atoms with Gasteiger partial charge in [-0.1, -0.05) is 60.7 Å². The predicted octanol–water partition coefficient (Wildman–Crippen LogP) is 5.22. The monoisotopic (exact) mass is 315 g/mol. The van der Waals surface area contributed by atoms with Crippen LogP contribution in [0.2, 0.25) is 0 Å². The third-order valence-corrected chi connectivity index (χ3v) is 4.22. The lowest BCUT2D eigenvalue weighted by molar-refractivity contribution is 0.0976. The summed E-state index contributed by atoms with van der Waals surface area (Å²) in [5.74, 6) is 1.68. The summed E-state index contributed by atoms with van der Waals surface area (Å²) in [5, 5.41) is 3.47. The molecule has 1 aliphatic rings. The van der Waals surface area contributed by atoms with Crippen LogP contribution < -0.4 is 10.1 Å². The summed E-state index contributed by atoms with van der Waals surface area (Å²) in [6.07, 6.45) is 0.374. The van der Waals surface area contributed by atoms with Gasteiger partial charge in [-0.3, -0.25) is 4.79 Å². The van der Waals surface area contributed by atoms with E-state index in [9.17, 15) is 4.79 Å². The van der Waals surface area contributed by atoms with Crippen LogP contribution in [0, 0.1) is 0 Å². The standard InChI is InChI=1S/C21H17NO2/c23-19(15-8-2-1-3-9-15)14-18-16-10-4-6-12-20(16)24-21-13-7-5-11-17(21)22-18/h1-13,18,22H,14H2. The molecule has 3 nitrogen and oxygen atoms in total. The molecule has 24 heavy (non-hydrogen) atoms. The summed E-state index contributed by atoms with van der Waals surface area (Å²) in [7, 11) is 0. The smallest absolute Gasteiger partial charge is 0.165 e. The van der Waals surface area contributed by atoms with E-state index in [0.717, 1.165) is 28.3 Å². The molecule has 3 heteroatoms. The quantitative estimate of drug-likeness (QED) is 0.674. The third kappa shape index (κ3) is 2.76. The maximum Gasteiger partial charge on any atom is 0.165 e. The number of hydrogen-bond acceptors (Lipinski definition) is 3. The van der Waals surface area contributed by atoms with Gasteiger partial charge in [-0.25, -0.2) is 0 Å². The molecule has 3 aromatic carbocycles. The molecule has 3 aromatic rings. The predicted molar refractivity (Wildman–Crippen MR) is 94.7 cm³/mol. The van der Waals surface area contributed by atoms with Crippen molar-refractivity contribution >= 4 is 11.5 Å². The Morgan fingerprint density at radius 2 is 1.50 bits per heavy atom. The highest BCUT2D eigenvalue weighted by atomic mass is 16.5. The van der Waals surface area contributed by atoms with E-state index >= 15 is 0 Å². The number of carbonyl (C=O) groups excluding carboxylic acids is 1. The minimum Gasteiger partial charge on any atom is -0.455 e. The van der Waals surface area contributed by atoms with Gasteiger partial charge in [-0.2, -0.15) is 0 Å². The van der Waals surface area contributed by atoms with Gasteiger partial charge in [0.15, 0.2) is 11.5 Å². The molecule has 1 aliphatic heterocycles. The van der Waals surface area contributed by atoms with Crippen LogP contribution in [0.1, 0.15) is 28.4 Å². The first-order valence-corrected chi connectivity index (χ1v) is 8.02. The molecule has 1 unspecified atom stereocenters. The summed E-state index contributed by atoms with van der Waals surface area (Å²) < 4.78 is 6.05. The summed E-state index contributed by atoms with van der Waals surface area (Å²) >= 11 is 0. The summed E-state index contributed by atoms with van der Waals surface area (Å²) in [6, 6.07) is 25.0. The molecule has 0 radical (unpaired) electrons. The third-order valence-electron chi connectivity index (χ3n) is 4.22. The zero-order valence-electron chi connectivity index (χ0n) is 13.1. The van der Waals surface area contributed by atoms with E-state index in [4.69, 9.17) is 4.74 Å². The Kier molecular flexibility index (Phi) is 3.75. The number of rotatable bonds is 3. The van der Waals surface area contributed by atoms with E-state index in [0.29, 0.717) is 6.42 Å². The first kappa shape index (κ1) is 14.5.